The van der Waals surface area contributed by atoms with Crippen LogP contribution >= 0.6 is 11.8 Å². The van der Waals surface area contributed by atoms with Gasteiger partial charge in [-0.15, -0.1) is 11.8 Å². The summed E-state index contributed by atoms with van der Waals surface area (Å²) in [4.78, 5) is 44.1. The first-order chi connectivity index (χ1) is 14.8. The van der Waals surface area contributed by atoms with Gasteiger partial charge in [0.15, 0.2) is 12.4 Å². The van der Waals surface area contributed by atoms with Crippen LogP contribution in [0.5, 0.6) is 0 Å². The second-order valence-electron chi connectivity index (χ2n) is 6.18. The van der Waals surface area contributed by atoms with Crippen molar-refractivity contribution in [3.05, 3.63) is 51.0 Å². The summed E-state index contributed by atoms with van der Waals surface area (Å²) >= 11 is 1.33. The molecule has 0 unspecified atom stereocenters. The van der Waals surface area contributed by atoms with Crippen molar-refractivity contribution in [3.8, 4) is 0 Å². The third-order valence-corrected chi connectivity index (χ3v) is 4.96. The average molecular weight is 446 g/mol. The van der Waals surface area contributed by atoms with E-state index >= 15 is 0 Å². The van der Waals surface area contributed by atoms with Crippen molar-refractivity contribution in [2.24, 2.45) is 0 Å². The summed E-state index contributed by atoms with van der Waals surface area (Å²) in [5, 5.41) is 11.4. The van der Waals surface area contributed by atoms with Crippen LogP contribution in [0.15, 0.2) is 27.5 Å². The first-order valence-corrected chi connectivity index (χ1v) is 10.2. The van der Waals surface area contributed by atoms with Crippen LogP contribution in [0.25, 0.3) is 11.1 Å². The lowest BCUT2D eigenvalue weighted by atomic mass is 10.2. The van der Waals surface area contributed by atoms with Crippen molar-refractivity contribution in [1.29, 1.82) is 0 Å². The van der Waals surface area contributed by atoms with Gasteiger partial charge in [-0.05, 0) is 32.2 Å². The molecular weight excluding hydrogens is 428 g/mol. The van der Waals surface area contributed by atoms with Crippen LogP contribution in [0.1, 0.15) is 39.2 Å². The fourth-order valence-electron chi connectivity index (χ4n) is 2.87. The number of hydrogen-bond acceptors (Lipinski definition) is 11. The highest BCUT2D eigenvalue weighted by Gasteiger charge is 2.25. The molecule has 162 valence electrons. The van der Waals surface area contributed by atoms with E-state index in [4.69, 9.17) is 19.6 Å². The fourth-order valence-corrected chi connectivity index (χ4v) is 3.31. The molecule has 11 nitrogen and oxygen atoms in total. The predicted octanol–water partition coefficient (Wildman–Crippen LogP) is 3.28. The molecule has 0 saturated carbocycles. The van der Waals surface area contributed by atoms with Crippen LogP contribution in [-0.2, 0) is 16.1 Å². The zero-order valence-electron chi connectivity index (χ0n) is 16.8. The van der Waals surface area contributed by atoms with E-state index in [0.717, 1.165) is 0 Å². The van der Waals surface area contributed by atoms with E-state index in [2.05, 4.69) is 9.97 Å². The van der Waals surface area contributed by atoms with Gasteiger partial charge in [0.05, 0.1) is 16.9 Å². The van der Waals surface area contributed by atoms with E-state index in [-0.39, 0.29) is 51.9 Å². The van der Waals surface area contributed by atoms with Crippen molar-refractivity contribution >= 4 is 46.3 Å². The molecule has 0 spiro atoms. The fraction of sp³-hybridized carbons (Fsp3) is 0.263. The number of esters is 2. The first-order valence-electron chi connectivity index (χ1n) is 8.99. The number of nitrogens with two attached hydrogens (primary N) is 1. The van der Waals surface area contributed by atoms with Crippen molar-refractivity contribution in [2.75, 3.05) is 18.6 Å². The van der Waals surface area contributed by atoms with E-state index in [0.29, 0.717) is 4.90 Å². The quantitative estimate of drug-likeness (QED) is 0.245. The van der Waals surface area contributed by atoms with E-state index in [1.165, 1.54) is 30.0 Å². The maximum atomic E-state index is 12.5. The molecule has 0 aliphatic rings. The lowest BCUT2D eigenvalue weighted by molar-refractivity contribution is -0.385. The SMILES string of the molecule is CCOC(=O)c1c(C)oc2nc(COC(=O)c3cc(SC)ccc3[N+](=O)[O-])nc(N)c12. The predicted molar refractivity (Wildman–Crippen MR) is 111 cm³/mol. The summed E-state index contributed by atoms with van der Waals surface area (Å²) in [6, 6.07) is 4.16. The number of rotatable bonds is 7. The highest BCUT2D eigenvalue weighted by atomic mass is 32.2. The molecule has 31 heavy (non-hydrogen) atoms. The number of aromatic nitrogens is 2. The van der Waals surface area contributed by atoms with E-state index in [9.17, 15) is 19.7 Å². The Hall–Kier alpha value is -3.67. The number of aryl methyl sites for hydroxylation is 1. The monoisotopic (exact) mass is 446 g/mol. The number of carbonyl (C=O) groups is 2. The van der Waals surface area contributed by atoms with Crippen LogP contribution in [0, 0.1) is 17.0 Å². The Morgan fingerprint density at radius 1 is 1.26 bits per heavy atom. The Balaban J connectivity index is 1.88. The van der Waals surface area contributed by atoms with Crippen LogP contribution in [0.2, 0.25) is 0 Å². The average Bonchev–Trinajstić information content (AvgIpc) is 3.08. The first kappa shape index (κ1) is 22.0. The van der Waals surface area contributed by atoms with Gasteiger partial charge in [0.2, 0.25) is 5.71 Å². The normalized spacial score (nSPS) is 10.8. The van der Waals surface area contributed by atoms with Crippen molar-refractivity contribution in [3.63, 3.8) is 0 Å². The number of hydrogen-bond donors (Lipinski definition) is 1. The third kappa shape index (κ3) is 4.43. The summed E-state index contributed by atoms with van der Waals surface area (Å²) < 4.78 is 15.7. The lowest BCUT2D eigenvalue weighted by Gasteiger charge is -2.07. The summed E-state index contributed by atoms with van der Waals surface area (Å²) in [7, 11) is 0. The molecule has 0 aliphatic heterocycles. The standard InChI is InChI=1S/C19H18N4O7S/c1-4-28-19(25)14-9(2)30-17-15(14)16(20)21-13(22-17)8-29-18(24)11-7-10(31-3)5-6-12(11)23(26)27/h5-7H,4,8H2,1-3H3,(H2,20,21,22). The van der Waals surface area contributed by atoms with Crippen LogP contribution < -0.4 is 5.73 Å². The number of nitro groups is 1. The van der Waals surface area contributed by atoms with Gasteiger partial charge in [0.1, 0.15) is 22.7 Å². The molecule has 3 rings (SSSR count). The van der Waals surface area contributed by atoms with Crippen LogP contribution in [0.4, 0.5) is 11.5 Å². The molecule has 0 fully saturated rings. The highest BCUT2D eigenvalue weighted by molar-refractivity contribution is 7.98. The van der Waals surface area contributed by atoms with Crippen molar-refractivity contribution in [1.82, 2.24) is 9.97 Å². The summed E-state index contributed by atoms with van der Waals surface area (Å²) in [5.41, 5.74) is 5.57. The van der Waals surface area contributed by atoms with Gasteiger partial charge in [-0.1, -0.05) is 0 Å². The number of nitrogen functional groups attached to an aromatic ring is 1. The number of anilines is 1. The maximum absolute atomic E-state index is 12.5. The molecule has 3 aromatic rings. The Labute approximate surface area is 180 Å². The number of nitro benzene ring substituents is 1. The third-order valence-electron chi connectivity index (χ3n) is 4.23. The number of benzene rings is 1. The van der Waals surface area contributed by atoms with Gasteiger partial charge in [-0.3, -0.25) is 10.1 Å². The van der Waals surface area contributed by atoms with Gasteiger partial charge < -0.3 is 19.6 Å². The molecule has 1 aromatic carbocycles. The number of furan rings is 1. The molecule has 0 saturated heterocycles. The molecule has 0 bridgehead atoms. The number of thioether (sulfide) groups is 1. The van der Waals surface area contributed by atoms with Gasteiger partial charge in [0, 0.05) is 11.0 Å². The molecule has 0 atom stereocenters. The Morgan fingerprint density at radius 2 is 2.00 bits per heavy atom. The molecule has 0 amide bonds. The number of ether oxygens (including phenoxy) is 2. The van der Waals surface area contributed by atoms with Crippen LogP contribution in [0.3, 0.4) is 0 Å². The lowest BCUT2D eigenvalue weighted by Crippen LogP contribution is -2.11. The Kier molecular flexibility index (Phi) is 6.39. The van der Waals surface area contributed by atoms with Gasteiger partial charge in [0.25, 0.3) is 5.69 Å². The zero-order chi connectivity index (χ0) is 22.7. The Morgan fingerprint density at radius 3 is 2.65 bits per heavy atom. The van der Waals surface area contributed by atoms with Gasteiger partial charge >= 0.3 is 11.9 Å². The van der Waals surface area contributed by atoms with E-state index in [1.54, 1.807) is 20.1 Å². The minimum absolute atomic E-state index is 0.00573. The Bertz CT molecular complexity index is 1190. The number of nitrogens with zero attached hydrogens (tertiary/aromatic N) is 3. The van der Waals surface area contributed by atoms with Crippen LogP contribution in [-0.4, -0.2) is 39.7 Å². The zero-order valence-corrected chi connectivity index (χ0v) is 17.6. The molecule has 2 aromatic heterocycles. The smallest absolute Gasteiger partial charge is 0.345 e. The van der Waals surface area contributed by atoms with Gasteiger partial charge in [-0.25, -0.2) is 14.6 Å². The second kappa shape index (κ2) is 9.00. The van der Waals surface area contributed by atoms with Crippen molar-refractivity contribution in [2.45, 2.75) is 25.3 Å². The van der Waals surface area contributed by atoms with E-state index in [1.807, 2.05) is 0 Å². The molecule has 0 aliphatic carbocycles. The molecule has 2 N–H and O–H groups in total. The topological polar surface area (TPSA) is 161 Å². The molecule has 2 heterocycles. The maximum Gasteiger partial charge on any atom is 0.345 e. The van der Waals surface area contributed by atoms with Gasteiger partial charge in [-0.2, -0.15) is 4.98 Å². The number of carbonyl (C=O) groups excluding carboxylic acids is 2. The molecule has 0 radical (unpaired) electrons. The second-order valence-corrected chi connectivity index (χ2v) is 7.05. The minimum Gasteiger partial charge on any atom is -0.462 e. The van der Waals surface area contributed by atoms with E-state index < -0.39 is 23.5 Å². The minimum atomic E-state index is -0.910. The van der Waals surface area contributed by atoms with Crippen molar-refractivity contribution < 1.29 is 28.4 Å². The summed E-state index contributed by atoms with van der Waals surface area (Å²) in [5.74, 6) is -1.31. The molecule has 12 heteroatoms. The largest absolute Gasteiger partial charge is 0.462 e. The number of fused-ring (bicyclic) bond motifs is 1. The summed E-state index contributed by atoms with van der Waals surface area (Å²) in [6.07, 6.45) is 1.78. The molecular formula is C19H18N4O7S. The highest BCUT2D eigenvalue weighted by Crippen LogP contribution is 2.29. The summed E-state index contributed by atoms with van der Waals surface area (Å²) in [6.45, 7) is 2.99.